The monoisotopic (exact) mass is 476 g/mol. The highest BCUT2D eigenvalue weighted by molar-refractivity contribution is 6.35. The molecular weight excluding hydrogens is 459 g/mol. The molecule has 0 aliphatic rings. The van der Waals surface area contributed by atoms with E-state index >= 15 is 0 Å². The molecule has 2 amide bonds. The molecule has 0 aliphatic heterocycles. The predicted molar refractivity (Wildman–Crippen MR) is 118 cm³/mol. The Labute approximate surface area is 193 Å². The van der Waals surface area contributed by atoms with Gasteiger partial charge in [-0.2, -0.15) is 0 Å². The molecule has 10 heteroatoms. The van der Waals surface area contributed by atoms with Crippen molar-refractivity contribution < 1.29 is 28.3 Å². The van der Waals surface area contributed by atoms with Crippen molar-refractivity contribution in [1.29, 1.82) is 0 Å². The SMILES string of the molecule is COC(=O)c1ccccc1NC(=O)CNC(=O)c1ccc(COc2ccc(Cl)cc2Cl)o1. The molecule has 0 spiro atoms. The van der Waals surface area contributed by atoms with Gasteiger partial charge in [-0.1, -0.05) is 35.3 Å². The van der Waals surface area contributed by atoms with E-state index in [0.717, 1.165) is 0 Å². The Bertz CT molecular complexity index is 1140. The van der Waals surface area contributed by atoms with Gasteiger partial charge in [0.15, 0.2) is 5.76 Å². The Balaban J connectivity index is 1.52. The van der Waals surface area contributed by atoms with Gasteiger partial charge in [-0.25, -0.2) is 4.79 Å². The molecule has 0 saturated carbocycles. The zero-order valence-corrected chi connectivity index (χ0v) is 18.3. The third kappa shape index (κ3) is 6.03. The molecule has 32 heavy (non-hydrogen) atoms. The molecule has 0 aliphatic carbocycles. The fourth-order valence-electron chi connectivity index (χ4n) is 2.64. The Hall–Kier alpha value is -3.49. The topological polar surface area (TPSA) is 107 Å². The molecule has 1 heterocycles. The van der Waals surface area contributed by atoms with Crippen LogP contribution >= 0.6 is 23.2 Å². The molecule has 0 fully saturated rings. The summed E-state index contributed by atoms with van der Waals surface area (Å²) in [6.07, 6.45) is 0. The first-order valence-corrected chi connectivity index (χ1v) is 10.0. The highest BCUT2D eigenvalue weighted by Crippen LogP contribution is 2.28. The van der Waals surface area contributed by atoms with Crippen molar-refractivity contribution in [3.63, 3.8) is 0 Å². The van der Waals surface area contributed by atoms with E-state index in [4.69, 9.17) is 32.4 Å². The number of esters is 1. The van der Waals surface area contributed by atoms with Crippen LogP contribution in [0.15, 0.2) is 59.0 Å². The summed E-state index contributed by atoms with van der Waals surface area (Å²) in [7, 11) is 1.24. The second-order valence-corrected chi connectivity index (χ2v) is 7.24. The first-order chi connectivity index (χ1) is 15.4. The van der Waals surface area contributed by atoms with E-state index in [9.17, 15) is 14.4 Å². The van der Waals surface area contributed by atoms with Crippen molar-refractivity contribution in [2.45, 2.75) is 6.61 Å². The van der Waals surface area contributed by atoms with Crippen LogP contribution in [0.3, 0.4) is 0 Å². The molecule has 0 saturated heterocycles. The first-order valence-electron chi connectivity index (χ1n) is 9.29. The van der Waals surface area contributed by atoms with Gasteiger partial charge in [-0.15, -0.1) is 0 Å². The van der Waals surface area contributed by atoms with Gasteiger partial charge in [0, 0.05) is 5.02 Å². The molecule has 3 rings (SSSR count). The van der Waals surface area contributed by atoms with E-state index in [1.54, 1.807) is 42.5 Å². The highest BCUT2D eigenvalue weighted by atomic mass is 35.5. The predicted octanol–water partition coefficient (Wildman–Crippen LogP) is 4.32. The number of anilines is 1. The molecule has 0 atom stereocenters. The van der Waals surface area contributed by atoms with Crippen molar-refractivity contribution >= 4 is 46.7 Å². The van der Waals surface area contributed by atoms with Gasteiger partial charge in [-0.3, -0.25) is 9.59 Å². The van der Waals surface area contributed by atoms with Crippen LogP contribution in [-0.2, 0) is 16.1 Å². The normalized spacial score (nSPS) is 10.3. The van der Waals surface area contributed by atoms with E-state index < -0.39 is 17.8 Å². The van der Waals surface area contributed by atoms with E-state index in [1.807, 2.05) is 0 Å². The molecule has 8 nitrogen and oxygen atoms in total. The minimum absolute atomic E-state index is 0.00793. The number of amides is 2. The summed E-state index contributed by atoms with van der Waals surface area (Å²) in [4.78, 5) is 36.2. The van der Waals surface area contributed by atoms with Gasteiger partial charge in [0.05, 0.1) is 29.9 Å². The highest BCUT2D eigenvalue weighted by Gasteiger charge is 2.16. The van der Waals surface area contributed by atoms with Gasteiger partial charge in [-0.05, 0) is 42.5 Å². The molecule has 2 N–H and O–H groups in total. The van der Waals surface area contributed by atoms with Gasteiger partial charge in [0.25, 0.3) is 5.91 Å². The molecule has 0 bridgehead atoms. The van der Waals surface area contributed by atoms with Crippen LogP contribution in [0.5, 0.6) is 5.75 Å². The van der Waals surface area contributed by atoms with Crippen LogP contribution in [0.2, 0.25) is 10.0 Å². The summed E-state index contributed by atoms with van der Waals surface area (Å²) < 4.78 is 15.7. The number of ether oxygens (including phenoxy) is 2. The number of carbonyl (C=O) groups excluding carboxylic acids is 3. The Morgan fingerprint density at radius 3 is 2.56 bits per heavy atom. The van der Waals surface area contributed by atoms with E-state index in [-0.39, 0.29) is 30.2 Å². The summed E-state index contributed by atoms with van der Waals surface area (Å²) in [6.45, 7) is -0.291. The van der Waals surface area contributed by atoms with Gasteiger partial charge >= 0.3 is 5.97 Å². The smallest absolute Gasteiger partial charge is 0.339 e. The Kier molecular flexibility index (Phi) is 7.75. The quantitative estimate of drug-likeness (QED) is 0.468. The zero-order valence-electron chi connectivity index (χ0n) is 16.8. The summed E-state index contributed by atoms with van der Waals surface area (Å²) >= 11 is 11.9. The molecule has 1 aromatic heterocycles. The summed E-state index contributed by atoms with van der Waals surface area (Å²) in [5.41, 5.74) is 0.475. The second kappa shape index (κ2) is 10.7. The largest absolute Gasteiger partial charge is 0.484 e. The zero-order chi connectivity index (χ0) is 23.1. The average molecular weight is 477 g/mol. The minimum Gasteiger partial charge on any atom is -0.484 e. The van der Waals surface area contributed by atoms with Crippen molar-refractivity contribution in [3.05, 3.63) is 81.7 Å². The molecule has 2 aromatic carbocycles. The summed E-state index contributed by atoms with van der Waals surface area (Å²) in [5, 5.41) is 5.84. The summed E-state index contributed by atoms with van der Waals surface area (Å²) in [5.74, 6) is -0.886. The average Bonchev–Trinajstić information content (AvgIpc) is 3.26. The van der Waals surface area contributed by atoms with Gasteiger partial charge in [0.2, 0.25) is 5.91 Å². The van der Waals surface area contributed by atoms with E-state index in [2.05, 4.69) is 15.4 Å². The number of nitrogens with one attached hydrogen (secondary N) is 2. The lowest BCUT2D eigenvalue weighted by Crippen LogP contribution is -2.33. The van der Waals surface area contributed by atoms with Crippen LogP contribution < -0.4 is 15.4 Å². The number of methoxy groups -OCH3 is 1. The molecular formula is C22H18Cl2N2O6. The molecule has 3 aromatic rings. The van der Waals surface area contributed by atoms with Crippen molar-refractivity contribution in [1.82, 2.24) is 5.32 Å². The number of benzene rings is 2. The number of hydrogen-bond acceptors (Lipinski definition) is 6. The lowest BCUT2D eigenvalue weighted by Gasteiger charge is -2.10. The van der Waals surface area contributed by atoms with Crippen LogP contribution in [0.4, 0.5) is 5.69 Å². The second-order valence-electron chi connectivity index (χ2n) is 6.40. The molecule has 0 radical (unpaired) electrons. The number of para-hydroxylation sites is 1. The number of carbonyl (C=O) groups is 3. The minimum atomic E-state index is -0.588. The first kappa shape index (κ1) is 23.2. The van der Waals surface area contributed by atoms with E-state index in [1.165, 1.54) is 19.2 Å². The van der Waals surface area contributed by atoms with E-state index in [0.29, 0.717) is 21.6 Å². The maximum Gasteiger partial charge on any atom is 0.339 e. The standard InChI is InChI=1S/C22H18Cl2N2O6/c1-30-22(29)15-4-2-3-5-17(15)26-20(27)11-25-21(28)19-9-7-14(32-19)12-31-18-8-6-13(23)10-16(18)24/h2-10H,11-12H2,1H3,(H,25,28)(H,26,27). The van der Waals surface area contributed by atoms with Gasteiger partial charge < -0.3 is 24.5 Å². The summed E-state index contributed by atoms with van der Waals surface area (Å²) in [6, 6.07) is 14.2. The van der Waals surface area contributed by atoms with Crippen molar-refractivity contribution in [2.24, 2.45) is 0 Å². The number of furan rings is 1. The Morgan fingerprint density at radius 2 is 1.81 bits per heavy atom. The third-order valence-electron chi connectivity index (χ3n) is 4.17. The van der Waals surface area contributed by atoms with Crippen LogP contribution in [0, 0.1) is 0 Å². The van der Waals surface area contributed by atoms with Gasteiger partial charge in [0.1, 0.15) is 18.1 Å². The fourth-order valence-corrected chi connectivity index (χ4v) is 3.10. The van der Waals surface area contributed by atoms with Crippen molar-refractivity contribution in [3.8, 4) is 5.75 Å². The molecule has 0 unspecified atom stereocenters. The molecule has 166 valence electrons. The maximum atomic E-state index is 12.3. The van der Waals surface area contributed by atoms with Crippen LogP contribution in [0.25, 0.3) is 0 Å². The lowest BCUT2D eigenvalue weighted by molar-refractivity contribution is -0.115. The number of halogens is 2. The number of hydrogen-bond donors (Lipinski definition) is 2. The Morgan fingerprint density at radius 1 is 1.03 bits per heavy atom. The third-order valence-corrected chi connectivity index (χ3v) is 4.70. The van der Waals surface area contributed by atoms with Crippen LogP contribution in [0.1, 0.15) is 26.7 Å². The lowest BCUT2D eigenvalue weighted by atomic mass is 10.2. The number of rotatable bonds is 8. The maximum absolute atomic E-state index is 12.3. The fraction of sp³-hybridized carbons (Fsp3) is 0.136. The van der Waals surface area contributed by atoms with Crippen molar-refractivity contribution in [2.75, 3.05) is 19.0 Å². The van der Waals surface area contributed by atoms with Crippen LogP contribution in [-0.4, -0.2) is 31.4 Å².